The highest BCUT2D eigenvalue weighted by atomic mass is 32.2. The summed E-state index contributed by atoms with van der Waals surface area (Å²) in [6.45, 7) is 0. The first-order valence-electron chi connectivity index (χ1n) is 10.3. The van der Waals surface area contributed by atoms with Gasteiger partial charge in [-0.05, 0) is 29.0 Å². The molecule has 1 unspecified atom stereocenters. The van der Waals surface area contributed by atoms with Crippen LogP contribution in [0.25, 0.3) is 22.4 Å². The van der Waals surface area contributed by atoms with Crippen molar-refractivity contribution in [3.8, 4) is 11.5 Å². The van der Waals surface area contributed by atoms with Gasteiger partial charge in [-0.25, -0.2) is 5.01 Å². The van der Waals surface area contributed by atoms with Crippen LogP contribution in [0.2, 0.25) is 0 Å². The number of thioether (sulfide) groups is 1. The number of benzene rings is 1. The van der Waals surface area contributed by atoms with Crippen molar-refractivity contribution in [3.63, 3.8) is 0 Å². The third kappa shape index (κ3) is 3.90. The standard InChI is InChI=1S/C23H17N5O2S3/c29-21(28-18(20-8-4-10-32-20)11-17(27-28)19-7-3-9-31-19)13-33-23-26-25-22(30-23)15-12-24-16-6-2-1-5-14(15)16/h1-10,12,18,24H,11,13H2. The Morgan fingerprint density at radius 2 is 2.00 bits per heavy atom. The van der Waals surface area contributed by atoms with Crippen molar-refractivity contribution < 1.29 is 9.21 Å². The van der Waals surface area contributed by atoms with Gasteiger partial charge >= 0.3 is 0 Å². The molecule has 5 aromatic rings. The van der Waals surface area contributed by atoms with E-state index < -0.39 is 0 Å². The zero-order valence-electron chi connectivity index (χ0n) is 17.2. The fraction of sp³-hybridized carbons (Fsp3) is 0.130. The number of nitrogens with zero attached hydrogens (tertiary/aromatic N) is 4. The van der Waals surface area contributed by atoms with E-state index in [1.54, 1.807) is 27.7 Å². The second kappa shape index (κ2) is 8.62. The van der Waals surface area contributed by atoms with Gasteiger partial charge in [0.1, 0.15) is 0 Å². The summed E-state index contributed by atoms with van der Waals surface area (Å²) in [5.41, 5.74) is 2.79. The quantitative estimate of drug-likeness (QED) is 0.303. The molecule has 164 valence electrons. The van der Waals surface area contributed by atoms with E-state index >= 15 is 0 Å². The van der Waals surface area contributed by atoms with Crippen LogP contribution in [0, 0.1) is 0 Å². The van der Waals surface area contributed by atoms with Crippen molar-refractivity contribution in [2.24, 2.45) is 5.10 Å². The van der Waals surface area contributed by atoms with E-state index in [4.69, 9.17) is 9.52 Å². The maximum Gasteiger partial charge on any atom is 0.277 e. The molecule has 0 bridgehead atoms. The van der Waals surface area contributed by atoms with Crippen LogP contribution < -0.4 is 0 Å². The number of nitrogens with one attached hydrogen (secondary N) is 1. The van der Waals surface area contributed by atoms with Gasteiger partial charge in [-0.3, -0.25) is 4.79 Å². The zero-order chi connectivity index (χ0) is 22.2. The molecule has 1 amide bonds. The topological polar surface area (TPSA) is 87.4 Å². The molecule has 7 nitrogen and oxygen atoms in total. The molecule has 4 aromatic heterocycles. The van der Waals surface area contributed by atoms with Gasteiger partial charge in [-0.1, -0.05) is 42.1 Å². The Morgan fingerprint density at radius 3 is 2.85 bits per heavy atom. The van der Waals surface area contributed by atoms with E-state index in [9.17, 15) is 4.79 Å². The maximum absolute atomic E-state index is 13.2. The third-order valence-corrected chi connectivity index (χ3v) is 8.08. The second-order valence-electron chi connectivity index (χ2n) is 7.41. The number of hydrazone groups is 1. The van der Waals surface area contributed by atoms with Crippen molar-refractivity contribution in [1.29, 1.82) is 0 Å². The number of carbonyl (C=O) groups excluding carboxylic acids is 1. The number of amides is 1. The Hall–Kier alpha value is -3.21. The van der Waals surface area contributed by atoms with Crippen LogP contribution in [0.1, 0.15) is 22.2 Å². The van der Waals surface area contributed by atoms with Gasteiger partial charge in [0.15, 0.2) is 0 Å². The lowest BCUT2D eigenvalue weighted by Gasteiger charge is -2.20. The summed E-state index contributed by atoms with van der Waals surface area (Å²) in [6.07, 6.45) is 2.57. The molecule has 1 atom stereocenters. The minimum Gasteiger partial charge on any atom is -0.411 e. The van der Waals surface area contributed by atoms with Gasteiger partial charge in [0, 0.05) is 28.4 Å². The molecule has 5 heterocycles. The molecule has 0 radical (unpaired) electrons. The molecule has 1 aliphatic rings. The average Bonchev–Trinajstić information content (AvgIpc) is 3.67. The maximum atomic E-state index is 13.2. The molecule has 10 heteroatoms. The summed E-state index contributed by atoms with van der Waals surface area (Å²) in [5, 5.41) is 20.0. The summed E-state index contributed by atoms with van der Waals surface area (Å²) >= 11 is 4.51. The SMILES string of the molecule is O=C(CSc1nnc(-c2c[nH]c3ccccc23)o1)N1N=C(c2cccs2)CC1c1cccs1. The van der Waals surface area contributed by atoms with Gasteiger partial charge in [0.05, 0.1) is 27.9 Å². The molecule has 1 aromatic carbocycles. The number of fused-ring (bicyclic) bond motifs is 1. The van der Waals surface area contributed by atoms with E-state index in [1.165, 1.54) is 11.8 Å². The number of aromatic amines is 1. The molecule has 0 fully saturated rings. The van der Waals surface area contributed by atoms with Crippen LogP contribution in [0.3, 0.4) is 0 Å². The smallest absolute Gasteiger partial charge is 0.277 e. The van der Waals surface area contributed by atoms with Crippen LogP contribution in [-0.4, -0.2) is 37.6 Å². The first-order chi connectivity index (χ1) is 16.3. The highest BCUT2D eigenvalue weighted by molar-refractivity contribution is 7.99. The summed E-state index contributed by atoms with van der Waals surface area (Å²) < 4.78 is 5.85. The van der Waals surface area contributed by atoms with E-state index in [1.807, 2.05) is 59.4 Å². The Balaban J connectivity index is 1.19. The van der Waals surface area contributed by atoms with Gasteiger partial charge in [0.25, 0.3) is 17.0 Å². The first kappa shape index (κ1) is 20.4. The lowest BCUT2D eigenvalue weighted by molar-refractivity contribution is -0.130. The number of thiophene rings is 2. The molecule has 0 spiro atoms. The normalized spacial score (nSPS) is 15.9. The predicted octanol–water partition coefficient (Wildman–Crippen LogP) is 5.81. The van der Waals surface area contributed by atoms with Gasteiger partial charge in [-0.15, -0.1) is 32.9 Å². The monoisotopic (exact) mass is 491 g/mol. The van der Waals surface area contributed by atoms with E-state index in [2.05, 4.69) is 21.2 Å². The van der Waals surface area contributed by atoms with E-state index in [-0.39, 0.29) is 17.7 Å². The molecule has 1 aliphatic heterocycles. The number of aromatic nitrogens is 3. The fourth-order valence-electron chi connectivity index (χ4n) is 3.85. The van der Waals surface area contributed by atoms with Crippen molar-refractivity contribution >= 4 is 57.0 Å². The summed E-state index contributed by atoms with van der Waals surface area (Å²) in [5.74, 6) is 0.508. The van der Waals surface area contributed by atoms with Crippen LogP contribution in [-0.2, 0) is 4.79 Å². The van der Waals surface area contributed by atoms with E-state index in [0.29, 0.717) is 17.5 Å². The minimum absolute atomic E-state index is 0.0836. The van der Waals surface area contributed by atoms with Crippen molar-refractivity contribution in [1.82, 2.24) is 20.2 Å². The summed E-state index contributed by atoms with van der Waals surface area (Å²) in [6, 6.07) is 16.0. The van der Waals surface area contributed by atoms with E-state index in [0.717, 1.165) is 31.9 Å². The van der Waals surface area contributed by atoms with Crippen LogP contribution in [0.4, 0.5) is 0 Å². The molecule has 33 heavy (non-hydrogen) atoms. The fourth-order valence-corrected chi connectivity index (χ4v) is 6.00. The lowest BCUT2D eigenvalue weighted by atomic mass is 10.1. The number of rotatable bonds is 6. The number of hydrogen-bond donors (Lipinski definition) is 1. The molecule has 6 rings (SSSR count). The summed E-state index contributed by atoms with van der Waals surface area (Å²) in [4.78, 5) is 18.6. The van der Waals surface area contributed by atoms with Gasteiger partial charge < -0.3 is 9.40 Å². The zero-order valence-corrected chi connectivity index (χ0v) is 19.6. The molecular formula is C23H17N5O2S3. The first-order valence-corrected chi connectivity index (χ1v) is 13.0. The van der Waals surface area contributed by atoms with Crippen molar-refractivity contribution in [2.75, 3.05) is 5.75 Å². The van der Waals surface area contributed by atoms with Gasteiger partial charge in [0.2, 0.25) is 0 Å². The Morgan fingerprint density at radius 1 is 1.12 bits per heavy atom. The summed E-state index contributed by atoms with van der Waals surface area (Å²) in [7, 11) is 0. The molecule has 1 N–H and O–H groups in total. The number of hydrogen-bond acceptors (Lipinski definition) is 8. The lowest BCUT2D eigenvalue weighted by Crippen LogP contribution is -2.28. The third-order valence-electron chi connectivity index (χ3n) is 5.39. The Bertz CT molecular complexity index is 1440. The van der Waals surface area contributed by atoms with Crippen LogP contribution >= 0.6 is 34.4 Å². The van der Waals surface area contributed by atoms with Gasteiger partial charge in [-0.2, -0.15) is 5.10 Å². The van der Waals surface area contributed by atoms with Crippen LogP contribution in [0.15, 0.2) is 80.2 Å². The molecular weight excluding hydrogens is 474 g/mol. The van der Waals surface area contributed by atoms with Crippen molar-refractivity contribution in [2.45, 2.75) is 17.7 Å². The highest BCUT2D eigenvalue weighted by Gasteiger charge is 2.34. The number of para-hydroxylation sites is 1. The Labute approximate surface area is 201 Å². The number of H-pyrrole nitrogens is 1. The largest absolute Gasteiger partial charge is 0.411 e. The highest BCUT2D eigenvalue weighted by Crippen LogP contribution is 2.37. The molecule has 0 saturated heterocycles. The predicted molar refractivity (Wildman–Crippen MR) is 132 cm³/mol. The second-order valence-corrected chi connectivity index (χ2v) is 10.3. The Kier molecular flexibility index (Phi) is 5.33. The average molecular weight is 492 g/mol. The minimum atomic E-state index is -0.0863. The van der Waals surface area contributed by atoms with Crippen molar-refractivity contribution in [3.05, 3.63) is 75.2 Å². The van der Waals surface area contributed by atoms with Crippen LogP contribution in [0.5, 0.6) is 0 Å². The molecule has 0 aliphatic carbocycles. The molecule has 0 saturated carbocycles. The number of carbonyl (C=O) groups is 1.